The van der Waals surface area contributed by atoms with E-state index >= 15 is 0 Å². The van der Waals surface area contributed by atoms with E-state index < -0.39 is 16.1 Å². The van der Waals surface area contributed by atoms with Crippen molar-refractivity contribution in [1.82, 2.24) is 14.2 Å². The van der Waals surface area contributed by atoms with Crippen molar-refractivity contribution in [2.45, 2.75) is 42.2 Å². The van der Waals surface area contributed by atoms with Crippen LogP contribution >= 0.6 is 0 Å². The highest BCUT2D eigenvalue weighted by Gasteiger charge is 2.62. The van der Waals surface area contributed by atoms with Crippen molar-refractivity contribution >= 4 is 26.8 Å². The van der Waals surface area contributed by atoms with E-state index in [4.69, 9.17) is 4.74 Å². The van der Waals surface area contributed by atoms with Gasteiger partial charge in [-0.3, -0.25) is 9.78 Å². The molecule has 1 spiro atoms. The first kappa shape index (κ1) is 19.0. The van der Waals surface area contributed by atoms with Crippen molar-refractivity contribution in [1.29, 1.82) is 0 Å². The Morgan fingerprint density at radius 3 is 2.59 bits per heavy atom. The molecule has 2 saturated heterocycles. The van der Waals surface area contributed by atoms with E-state index in [1.165, 1.54) is 17.1 Å². The van der Waals surface area contributed by atoms with Crippen LogP contribution < -0.4 is 0 Å². The quantitative estimate of drug-likeness (QED) is 0.698. The molecule has 3 fully saturated rings. The smallest absolute Gasteiger partial charge is 0.254 e. The summed E-state index contributed by atoms with van der Waals surface area (Å²) in [6.45, 7) is 1.53. The number of piperidine rings is 1. The monoisotopic (exact) mass is 415 g/mol. The van der Waals surface area contributed by atoms with Crippen LogP contribution in [0.15, 0.2) is 41.4 Å². The highest BCUT2D eigenvalue weighted by Crippen LogP contribution is 2.46. The molecule has 0 bridgehead atoms. The average Bonchev–Trinajstić information content (AvgIpc) is 3.57. The Morgan fingerprint density at radius 1 is 1.17 bits per heavy atom. The summed E-state index contributed by atoms with van der Waals surface area (Å²) in [5.74, 6) is 0.645. The molecule has 29 heavy (non-hydrogen) atoms. The van der Waals surface area contributed by atoms with Crippen molar-refractivity contribution in [3.63, 3.8) is 0 Å². The number of fused-ring (bicyclic) bond motifs is 1. The molecule has 5 rings (SSSR count). The van der Waals surface area contributed by atoms with Crippen molar-refractivity contribution in [3.05, 3.63) is 36.5 Å². The Bertz CT molecular complexity index is 1050. The molecule has 3 aliphatic rings. The molecule has 0 radical (unpaired) electrons. The van der Waals surface area contributed by atoms with E-state index in [2.05, 4.69) is 4.98 Å². The summed E-state index contributed by atoms with van der Waals surface area (Å²) in [4.78, 5) is 19.0. The zero-order valence-corrected chi connectivity index (χ0v) is 17.3. The lowest BCUT2D eigenvalue weighted by Crippen LogP contribution is -2.77. The van der Waals surface area contributed by atoms with Crippen molar-refractivity contribution in [2.75, 3.05) is 26.7 Å². The summed E-state index contributed by atoms with van der Waals surface area (Å²) < 4.78 is 33.8. The van der Waals surface area contributed by atoms with Crippen LogP contribution in [0.25, 0.3) is 10.9 Å². The molecule has 1 unspecified atom stereocenters. The second-order valence-corrected chi connectivity index (χ2v) is 10.3. The molecule has 1 amide bonds. The summed E-state index contributed by atoms with van der Waals surface area (Å²) in [5, 5.41) is 0.807. The van der Waals surface area contributed by atoms with Gasteiger partial charge in [0.05, 0.1) is 11.1 Å². The highest BCUT2D eigenvalue weighted by molar-refractivity contribution is 7.89. The molecule has 1 aromatic carbocycles. The van der Waals surface area contributed by atoms with E-state index in [1.54, 1.807) is 31.5 Å². The molecule has 154 valence electrons. The van der Waals surface area contributed by atoms with Crippen molar-refractivity contribution < 1.29 is 17.9 Å². The normalized spacial score (nSPS) is 24.8. The molecule has 2 aromatic rings. The standard InChI is InChI=1S/C21H25N3O4S/c1-28-19-20(25)24(14-15-7-8-15)21(19)9-12-23(13-10-21)29(26,27)17-6-2-4-16-5-3-11-22-18(16)17/h2-6,11,15,19H,7-10,12-14H2,1H3. The zero-order chi connectivity index (χ0) is 20.2. The minimum absolute atomic E-state index is 0.0500. The third kappa shape index (κ3) is 2.88. The molecular weight excluding hydrogens is 390 g/mol. The highest BCUT2D eigenvalue weighted by atomic mass is 32.2. The van der Waals surface area contributed by atoms with Crippen LogP contribution in [0, 0.1) is 5.92 Å². The van der Waals surface area contributed by atoms with Gasteiger partial charge in [0.25, 0.3) is 5.91 Å². The first-order chi connectivity index (χ1) is 14.0. The minimum Gasteiger partial charge on any atom is -0.369 e. The van der Waals surface area contributed by atoms with E-state index in [0.717, 1.165) is 11.9 Å². The van der Waals surface area contributed by atoms with Gasteiger partial charge in [-0.15, -0.1) is 0 Å². The molecular formula is C21H25N3O4S. The van der Waals surface area contributed by atoms with Crippen LogP contribution in [0.4, 0.5) is 0 Å². The SMILES string of the molecule is COC1C(=O)N(CC2CC2)C12CCN(S(=O)(=O)c1cccc3cccnc13)CC2. The number of amides is 1. The lowest BCUT2D eigenvalue weighted by Gasteiger charge is -2.59. The van der Waals surface area contributed by atoms with Crippen LogP contribution in [0.1, 0.15) is 25.7 Å². The van der Waals surface area contributed by atoms with Crippen LogP contribution in [0.3, 0.4) is 0 Å². The van der Waals surface area contributed by atoms with Gasteiger partial charge in [-0.1, -0.05) is 18.2 Å². The van der Waals surface area contributed by atoms with Crippen LogP contribution in [0.2, 0.25) is 0 Å². The molecule has 8 heteroatoms. The molecule has 7 nitrogen and oxygen atoms in total. The number of β-lactam (4-membered cyclic amide) rings is 1. The van der Waals surface area contributed by atoms with Crippen LogP contribution in [-0.4, -0.2) is 66.9 Å². The van der Waals surface area contributed by atoms with E-state index in [0.29, 0.717) is 37.4 Å². The van der Waals surface area contributed by atoms with Gasteiger partial charge in [0, 0.05) is 38.3 Å². The summed E-state index contributed by atoms with van der Waals surface area (Å²) in [7, 11) is -2.09. The number of hydrogen-bond acceptors (Lipinski definition) is 5. The van der Waals surface area contributed by atoms with Gasteiger partial charge in [-0.2, -0.15) is 4.31 Å². The van der Waals surface area contributed by atoms with Gasteiger partial charge in [0.15, 0.2) is 6.10 Å². The molecule has 1 saturated carbocycles. The summed E-state index contributed by atoms with van der Waals surface area (Å²) >= 11 is 0. The zero-order valence-electron chi connectivity index (χ0n) is 16.5. The number of methoxy groups -OCH3 is 1. The van der Waals surface area contributed by atoms with Gasteiger partial charge in [-0.25, -0.2) is 8.42 Å². The van der Waals surface area contributed by atoms with Crippen LogP contribution in [-0.2, 0) is 19.6 Å². The van der Waals surface area contributed by atoms with Gasteiger partial charge < -0.3 is 9.64 Å². The van der Waals surface area contributed by atoms with E-state index in [9.17, 15) is 13.2 Å². The predicted octanol–water partition coefficient (Wildman–Crippen LogP) is 2.03. The Hall–Kier alpha value is -2.03. The minimum atomic E-state index is -3.66. The predicted molar refractivity (Wildman–Crippen MR) is 108 cm³/mol. The largest absolute Gasteiger partial charge is 0.369 e. The maximum atomic E-state index is 13.4. The molecule has 1 aliphatic carbocycles. The van der Waals surface area contributed by atoms with Crippen molar-refractivity contribution in [2.24, 2.45) is 5.92 Å². The number of pyridine rings is 1. The number of para-hydroxylation sites is 1. The van der Waals surface area contributed by atoms with Crippen LogP contribution in [0.5, 0.6) is 0 Å². The van der Waals surface area contributed by atoms with E-state index in [-0.39, 0.29) is 16.3 Å². The number of aromatic nitrogens is 1. The summed E-state index contributed by atoms with van der Waals surface area (Å²) in [5.41, 5.74) is 0.136. The van der Waals surface area contributed by atoms with E-state index in [1.807, 2.05) is 17.0 Å². The fraction of sp³-hybridized carbons (Fsp3) is 0.524. The summed E-state index contributed by atoms with van der Waals surface area (Å²) in [6.07, 6.45) is 4.71. The number of rotatable bonds is 5. The number of ether oxygens (including phenoxy) is 1. The summed E-state index contributed by atoms with van der Waals surface area (Å²) in [6, 6.07) is 8.91. The Morgan fingerprint density at radius 2 is 1.90 bits per heavy atom. The van der Waals surface area contributed by atoms with Gasteiger partial charge in [-0.05, 0) is 43.7 Å². The fourth-order valence-electron chi connectivity index (χ4n) is 4.89. The van der Waals surface area contributed by atoms with Gasteiger partial charge >= 0.3 is 0 Å². The Labute approximate surface area is 170 Å². The second kappa shape index (κ2) is 6.75. The molecule has 2 aliphatic heterocycles. The third-order valence-corrected chi connectivity index (χ3v) is 8.62. The first-order valence-electron chi connectivity index (χ1n) is 10.2. The Kier molecular flexibility index (Phi) is 4.42. The van der Waals surface area contributed by atoms with Gasteiger partial charge in [0.2, 0.25) is 10.0 Å². The topological polar surface area (TPSA) is 79.8 Å². The lowest BCUT2D eigenvalue weighted by atomic mass is 9.73. The number of nitrogens with zero attached hydrogens (tertiary/aromatic N) is 3. The maximum absolute atomic E-state index is 13.4. The molecule has 1 atom stereocenters. The molecule has 3 heterocycles. The first-order valence-corrected chi connectivity index (χ1v) is 11.6. The number of benzene rings is 1. The Balaban J connectivity index is 1.40. The number of carbonyl (C=O) groups excluding carboxylic acids is 1. The maximum Gasteiger partial charge on any atom is 0.254 e. The number of likely N-dealkylation sites (tertiary alicyclic amines) is 1. The number of hydrogen-bond donors (Lipinski definition) is 0. The molecule has 1 aromatic heterocycles. The second-order valence-electron chi connectivity index (χ2n) is 8.35. The van der Waals surface area contributed by atoms with Gasteiger partial charge in [0.1, 0.15) is 4.90 Å². The fourth-order valence-corrected chi connectivity index (χ4v) is 6.49. The number of carbonyl (C=O) groups is 1. The molecule has 0 N–H and O–H groups in total. The lowest BCUT2D eigenvalue weighted by molar-refractivity contribution is -0.197. The van der Waals surface area contributed by atoms with Crippen molar-refractivity contribution in [3.8, 4) is 0 Å². The number of sulfonamides is 1. The third-order valence-electron chi connectivity index (χ3n) is 6.69. The average molecular weight is 416 g/mol.